The smallest absolute Gasteiger partial charge is 0.167 e. The van der Waals surface area contributed by atoms with Crippen molar-refractivity contribution in [3.05, 3.63) is 89.1 Å². The zero-order valence-electron chi connectivity index (χ0n) is 22.1. The monoisotopic (exact) mass is 494 g/mol. The molecule has 0 spiro atoms. The van der Waals surface area contributed by atoms with Crippen LogP contribution in [0.15, 0.2) is 61.3 Å². The highest BCUT2D eigenvalue weighted by molar-refractivity contribution is 5.98. The van der Waals surface area contributed by atoms with Crippen molar-refractivity contribution in [2.24, 2.45) is 0 Å². The van der Waals surface area contributed by atoms with Gasteiger partial charge in [0.25, 0.3) is 0 Å². The van der Waals surface area contributed by atoms with E-state index >= 15 is 0 Å². The molecule has 0 aliphatic carbocycles. The standard InChI is InChI=1S/C30H34N6O/c1-21-7-8-22(13-28(21)36-19-27(33-34-36)25-16-31-20-32-17-25)14-29(37)24-11-23(18-35-9-5-6-10-35)12-26(15-24)30(2,3)4/h7-8,11-13,15-17,19-20H,5-6,9-10,14,18H2,1-4H3. The first kappa shape index (κ1) is 25.0. The SMILES string of the molecule is Cc1ccc(CC(=O)c2cc(CN3CCCC3)cc(C(C)(C)C)c2)cc1-n1cc(-c2cncnc2)nn1. The molecule has 0 N–H and O–H groups in total. The summed E-state index contributed by atoms with van der Waals surface area (Å²) in [7, 11) is 0. The molecule has 0 amide bonds. The lowest BCUT2D eigenvalue weighted by atomic mass is 9.84. The van der Waals surface area contributed by atoms with Gasteiger partial charge in [0.1, 0.15) is 12.0 Å². The van der Waals surface area contributed by atoms with E-state index in [4.69, 9.17) is 0 Å². The third-order valence-corrected chi connectivity index (χ3v) is 7.02. The third-order valence-electron chi connectivity index (χ3n) is 7.02. The van der Waals surface area contributed by atoms with Gasteiger partial charge in [-0.2, -0.15) is 0 Å². The second kappa shape index (κ2) is 10.3. The lowest BCUT2D eigenvalue weighted by molar-refractivity contribution is 0.0992. The number of carbonyl (C=O) groups excluding carboxylic acids is 1. The largest absolute Gasteiger partial charge is 0.299 e. The predicted molar refractivity (Wildman–Crippen MR) is 145 cm³/mol. The molecule has 1 aliphatic heterocycles. The normalized spacial score (nSPS) is 14.3. The van der Waals surface area contributed by atoms with Crippen LogP contribution in [0.4, 0.5) is 0 Å². The van der Waals surface area contributed by atoms with Crippen molar-refractivity contribution in [1.82, 2.24) is 29.9 Å². The van der Waals surface area contributed by atoms with Crippen LogP contribution in [0.2, 0.25) is 0 Å². The first-order chi connectivity index (χ1) is 17.8. The Hall–Kier alpha value is -3.71. The van der Waals surface area contributed by atoms with Gasteiger partial charge in [0, 0.05) is 36.5 Å². The fourth-order valence-electron chi connectivity index (χ4n) is 4.82. The average Bonchev–Trinajstić information content (AvgIpc) is 3.58. The highest BCUT2D eigenvalue weighted by Gasteiger charge is 2.20. The van der Waals surface area contributed by atoms with Gasteiger partial charge in [-0.05, 0) is 78.7 Å². The van der Waals surface area contributed by atoms with Crippen molar-refractivity contribution in [2.45, 2.75) is 58.9 Å². The molecule has 0 atom stereocenters. The minimum absolute atomic E-state index is 0.0261. The summed E-state index contributed by atoms with van der Waals surface area (Å²) >= 11 is 0. The number of ketones is 1. The first-order valence-electron chi connectivity index (χ1n) is 12.9. The molecule has 1 saturated heterocycles. The van der Waals surface area contributed by atoms with Gasteiger partial charge in [-0.15, -0.1) is 5.10 Å². The molecule has 1 fully saturated rings. The molecule has 4 aromatic rings. The van der Waals surface area contributed by atoms with E-state index in [0.29, 0.717) is 12.1 Å². The lowest BCUT2D eigenvalue weighted by Gasteiger charge is -2.23. The Morgan fingerprint density at radius 2 is 1.73 bits per heavy atom. The van der Waals surface area contributed by atoms with Crippen LogP contribution in [0.25, 0.3) is 16.9 Å². The van der Waals surface area contributed by atoms with E-state index in [-0.39, 0.29) is 11.2 Å². The minimum Gasteiger partial charge on any atom is -0.299 e. The number of aromatic nitrogens is 5. The molecule has 37 heavy (non-hydrogen) atoms. The Labute approximate surface area is 218 Å². The van der Waals surface area contributed by atoms with Crippen LogP contribution >= 0.6 is 0 Å². The summed E-state index contributed by atoms with van der Waals surface area (Å²) in [5.74, 6) is 0.129. The van der Waals surface area contributed by atoms with Gasteiger partial charge in [0.15, 0.2) is 5.78 Å². The fourth-order valence-corrected chi connectivity index (χ4v) is 4.82. The molecule has 2 aromatic heterocycles. The lowest BCUT2D eigenvalue weighted by Crippen LogP contribution is -2.20. The summed E-state index contributed by atoms with van der Waals surface area (Å²) in [6, 6.07) is 12.5. The van der Waals surface area contributed by atoms with Crippen LogP contribution in [-0.4, -0.2) is 48.7 Å². The second-order valence-corrected chi connectivity index (χ2v) is 11.0. The number of likely N-dealkylation sites (tertiary alicyclic amines) is 1. The molecule has 3 heterocycles. The van der Waals surface area contributed by atoms with Crippen molar-refractivity contribution in [1.29, 1.82) is 0 Å². The minimum atomic E-state index is -0.0261. The molecule has 2 aromatic carbocycles. The molecule has 0 unspecified atom stereocenters. The van der Waals surface area contributed by atoms with Crippen LogP contribution in [0, 0.1) is 6.92 Å². The molecule has 0 radical (unpaired) electrons. The Morgan fingerprint density at radius 1 is 0.973 bits per heavy atom. The average molecular weight is 495 g/mol. The topological polar surface area (TPSA) is 76.8 Å². The quantitative estimate of drug-likeness (QED) is 0.322. The number of rotatable bonds is 7. The molecular weight excluding hydrogens is 460 g/mol. The molecule has 0 bridgehead atoms. The maximum Gasteiger partial charge on any atom is 0.167 e. The summed E-state index contributed by atoms with van der Waals surface area (Å²) in [6.07, 6.45) is 9.63. The summed E-state index contributed by atoms with van der Waals surface area (Å²) in [5.41, 5.74) is 7.61. The van der Waals surface area contributed by atoms with Crippen molar-refractivity contribution >= 4 is 5.78 Å². The fraction of sp³-hybridized carbons (Fsp3) is 0.367. The predicted octanol–water partition coefficient (Wildman–Crippen LogP) is 5.35. The molecular formula is C30H34N6O. The van der Waals surface area contributed by atoms with E-state index < -0.39 is 0 Å². The van der Waals surface area contributed by atoms with Crippen molar-refractivity contribution < 1.29 is 4.79 Å². The van der Waals surface area contributed by atoms with Gasteiger partial charge < -0.3 is 0 Å². The Balaban J connectivity index is 1.40. The summed E-state index contributed by atoms with van der Waals surface area (Å²) < 4.78 is 1.75. The van der Waals surface area contributed by atoms with Crippen molar-refractivity contribution in [2.75, 3.05) is 13.1 Å². The van der Waals surface area contributed by atoms with Crippen LogP contribution in [0.1, 0.15) is 66.2 Å². The number of Topliss-reactive ketones (excluding diaryl/α,β-unsaturated/α-hetero) is 1. The van der Waals surface area contributed by atoms with Crippen molar-refractivity contribution in [3.8, 4) is 16.9 Å². The van der Waals surface area contributed by atoms with E-state index in [9.17, 15) is 4.79 Å². The number of benzene rings is 2. The highest BCUT2D eigenvalue weighted by atomic mass is 16.1. The van der Waals surface area contributed by atoms with E-state index in [1.54, 1.807) is 17.1 Å². The van der Waals surface area contributed by atoms with Gasteiger partial charge in [-0.25, -0.2) is 14.6 Å². The maximum absolute atomic E-state index is 13.5. The highest BCUT2D eigenvalue weighted by Crippen LogP contribution is 2.27. The van der Waals surface area contributed by atoms with Crippen LogP contribution in [0.5, 0.6) is 0 Å². The molecule has 5 rings (SSSR count). The van der Waals surface area contributed by atoms with Gasteiger partial charge in [-0.1, -0.05) is 44.2 Å². The molecule has 0 saturated carbocycles. The Morgan fingerprint density at radius 3 is 2.46 bits per heavy atom. The molecule has 7 nitrogen and oxygen atoms in total. The Bertz CT molecular complexity index is 1400. The van der Waals surface area contributed by atoms with Crippen LogP contribution in [0.3, 0.4) is 0 Å². The van der Waals surface area contributed by atoms with Gasteiger partial charge in [-0.3, -0.25) is 9.69 Å². The number of carbonyl (C=O) groups is 1. The first-order valence-corrected chi connectivity index (χ1v) is 12.9. The summed E-state index contributed by atoms with van der Waals surface area (Å²) in [4.78, 5) is 24.2. The maximum atomic E-state index is 13.5. The third kappa shape index (κ3) is 5.83. The number of hydrogen-bond donors (Lipinski definition) is 0. The second-order valence-electron chi connectivity index (χ2n) is 11.0. The molecule has 1 aliphatic rings. The van der Waals surface area contributed by atoms with Gasteiger partial charge >= 0.3 is 0 Å². The Kier molecular flexibility index (Phi) is 6.98. The zero-order chi connectivity index (χ0) is 26.0. The molecule has 7 heteroatoms. The van der Waals surface area contributed by atoms with Gasteiger partial charge in [0.05, 0.1) is 11.9 Å². The molecule has 190 valence electrons. The van der Waals surface area contributed by atoms with Crippen molar-refractivity contribution in [3.63, 3.8) is 0 Å². The summed E-state index contributed by atoms with van der Waals surface area (Å²) in [6.45, 7) is 11.8. The van der Waals surface area contributed by atoms with Gasteiger partial charge in [0.2, 0.25) is 0 Å². The number of hydrogen-bond acceptors (Lipinski definition) is 6. The number of nitrogens with zero attached hydrogens (tertiary/aromatic N) is 6. The summed E-state index contributed by atoms with van der Waals surface area (Å²) in [5, 5.41) is 8.61. The van der Waals surface area contributed by atoms with Crippen LogP contribution in [-0.2, 0) is 18.4 Å². The van der Waals surface area contributed by atoms with E-state index in [2.05, 4.69) is 64.2 Å². The van der Waals surface area contributed by atoms with Crippen LogP contribution < -0.4 is 0 Å². The zero-order valence-corrected chi connectivity index (χ0v) is 22.1. The van der Waals surface area contributed by atoms with E-state index in [1.165, 1.54) is 30.3 Å². The number of aryl methyl sites for hydroxylation is 1. The van der Waals surface area contributed by atoms with E-state index in [0.717, 1.165) is 47.6 Å². The van der Waals surface area contributed by atoms with E-state index in [1.807, 2.05) is 31.3 Å².